The molecule has 5 nitrogen and oxygen atoms in total. The SMILES string of the molecule is COc1ccc(F)c(CN2CCC[C@](O)(CNC3CCCC3)C2=O)c1. The summed E-state index contributed by atoms with van der Waals surface area (Å²) < 4.78 is 19.2. The fraction of sp³-hybridized carbons (Fsp3) is 0.632. The van der Waals surface area contributed by atoms with E-state index in [0.717, 1.165) is 12.8 Å². The van der Waals surface area contributed by atoms with E-state index in [4.69, 9.17) is 4.74 Å². The fourth-order valence-corrected chi connectivity index (χ4v) is 3.83. The second kappa shape index (κ2) is 7.70. The van der Waals surface area contributed by atoms with Crippen LogP contribution in [-0.2, 0) is 11.3 Å². The summed E-state index contributed by atoms with van der Waals surface area (Å²) in [5, 5.41) is 14.2. The minimum atomic E-state index is -1.39. The van der Waals surface area contributed by atoms with E-state index in [1.54, 1.807) is 17.0 Å². The number of ether oxygens (including phenoxy) is 1. The van der Waals surface area contributed by atoms with Crippen LogP contribution in [0, 0.1) is 5.82 Å². The van der Waals surface area contributed by atoms with Crippen molar-refractivity contribution >= 4 is 5.91 Å². The highest BCUT2D eigenvalue weighted by Crippen LogP contribution is 2.27. The molecule has 1 amide bonds. The summed E-state index contributed by atoms with van der Waals surface area (Å²) in [6.45, 7) is 0.947. The molecule has 138 valence electrons. The Hall–Kier alpha value is -1.66. The highest BCUT2D eigenvalue weighted by atomic mass is 19.1. The van der Waals surface area contributed by atoms with Crippen LogP contribution in [0.4, 0.5) is 4.39 Å². The van der Waals surface area contributed by atoms with Gasteiger partial charge in [0, 0.05) is 31.2 Å². The minimum absolute atomic E-state index is 0.146. The second-order valence-corrected chi connectivity index (χ2v) is 7.18. The number of methoxy groups -OCH3 is 1. The molecule has 1 aliphatic carbocycles. The molecule has 0 unspecified atom stereocenters. The molecule has 1 aliphatic heterocycles. The molecule has 1 heterocycles. The number of aliphatic hydroxyl groups is 1. The van der Waals surface area contributed by atoms with Crippen LogP contribution < -0.4 is 10.1 Å². The molecular formula is C19H27FN2O3. The number of rotatable bonds is 6. The van der Waals surface area contributed by atoms with Crippen molar-refractivity contribution in [2.45, 2.75) is 56.7 Å². The van der Waals surface area contributed by atoms with Crippen molar-refractivity contribution in [2.75, 3.05) is 20.2 Å². The monoisotopic (exact) mass is 350 g/mol. The zero-order chi connectivity index (χ0) is 17.9. The van der Waals surface area contributed by atoms with Crippen molar-refractivity contribution in [2.24, 2.45) is 0 Å². The zero-order valence-electron chi connectivity index (χ0n) is 14.8. The Morgan fingerprint density at radius 2 is 2.12 bits per heavy atom. The Labute approximate surface area is 148 Å². The van der Waals surface area contributed by atoms with Crippen molar-refractivity contribution in [3.63, 3.8) is 0 Å². The fourth-order valence-electron chi connectivity index (χ4n) is 3.83. The average molecular weight is 350 g/mol. The van der Waals surface area contributed by atoms with Crippen molar-refractivity contribution < 1.29 is 19.0 Å². The highest BCUT2D eigenvalue weighted by molar-refractivity contribution is 5.86. The van der Waals surface area contributed by atoms with E-state index >= 15 is 0 Å². The molecule has 6 heteroatoms. The van der Waals surface area contributed by atoms with Gasteiger partial charge in [-0.15, -0.1) is 0 Å². The van der Waals surface area contributed by atoms with Crippen LogP contribution in [0.25, 0.3) is 0 Å². The maximum atomic E-state index is 14.1. The van der Waals surface area contributed by atoms with Gasteiger partial charge < -0.3 is 20.1 Å². The summed E-state index contributed by atoms with van der Waals surface area (Å²) in [4.78, 5) is 14.4. The number of piperidine rings is 1. The lowest BCUT2D eigenvalue weighted by Gasteiger charge is -2.39. The van der Waals surface area contributed by atoms with E-state index in [9.17, 15) is 14.3 Å². The minimum Gasteiger partial charge on any atom is -0.497 e. The van der Waals surface area contributed by atoms with Crippen LogP contribution in [-0.4, -0.2) is 47.8 Å². The van der Waals surface area contributed by atoms with Crippen LogP contribution in [0.3, 0.4) is 0 Å². The number of carbonyl (C=O) groups is 1. The van der Waals surface area contributed by atoms with Crippen LogP contribution in [0.15, 0.2) is 18.2 Å². The topological polar surface area (TPSA) is 61.8 Å². The lowest BCUT2D eigenvalue weighted by atomic mass is 9.91. The largest absolute Gasteiger partial charge is 0.497 e. The van der Waals surface area contributed by atoms with Crippen molar-refractivity contribution in [3.8, 4) is 5.75 Å². The first-order valence-electron chi connectivity index (χ1n) is 9.09. The van der Waals surface area contributed by atoms with E-state index in [1.165, 1.54) is 26.0 Å². The van der Waals surface area contributed by atoms with Crippen molar-refractivity contribution in [1.29, 1.82) is 0 Å². The third kappa shape index (κ3) is 4.12. The average Bonchev–Trinajstić information content (AvgIpc) is 3.13. The Morgan fingerprint density at radius 1 is 1.36 bits per heavy atom. The molecule has 2 N–H and O–H groups in total. The van der Waals surface area contributed by atoms with Gasteiger partial charge in [-0.25, -0.2) is 4.39 Å². The van der Waals surface area contributed by atoms with Crippen LogP contribution in [0.1, 0.15) is 44.1 Å². The molecule has 1 saturated heterocycles. The van der Waals surface area contributed by atoms with Gasteiger partial charge in [-0.2, -0.15) is 0 Å². The summed E-state index contributed by atoms with van der Waals surface area (Å²) >= 11 is 0. The number of benzene rings is 1. The Balaban J connectivity index is 1.66. The number of hydrogen-bond acceptors (Lipinski definition) is 4. The Morgan fingerprint density at radius 3 is 2.84 bits per heavy atom. The van der Waals surface area contributed by atoms with Crippen LogP contribution in [0.2, 0.25) is 0 Å². The molecule has 2 fully saturated rings. The molecule has 0 spiro atoms. The molecule has 1 aromatic carbocycles. The quantitative estimate of drug-likeness (QED) is 0.826. The number of nitrogens with one attached hydrogen (secondary N) is 1. The van der Waals surface area contributed by atoms with Gasteiger partial charge in [0.2, 0.25) is 0 Å². The first-order valence-corrected chi connectivity index (χ1v) is 9.09. The molecule has 0 aromatic heterocycles. The predicted octanol–water partition coefficient (Wildman–Crippen LogP) is 2.22. The molecule has 0 radical (unpaired) electrons. The maximum absolute atomic E-state index is 14.1. The smallest absolute Gasteiger partial charge is 0.256 e. The van der Waals surface area contributed by atoms with Gasteiger partial charge in [-0.1, -0.05) is 12.8 Å². The first-order chi connectivity index (χ1) is 12.0. The summed E-state index contributed by atoms with van der Waals surface area (Å²) in [7, 11) is 1.52. The molecular weight excluding hydrogens is 323 g/mol. The van der Waals surface area contributed by atoms with Gasteiger partial charge in [0.1, 0.15) is 11.6 Å². The summed E-state index contributed by atoms with van der Waals surface area (Å²) in [5.41, 5.74) is -0.989. The van der Waals surface area contributed by atoms with Gasteiger partial charge in [0.05, 0.1) is 7.11 Å². The van der Waals surface area contributed by atoms with E-state index in [2.05, 4.69) is 5.32 Å². The molecule has 25 heavy (non-hydrogen) atoms. The standard InChI is InChI=1S/C19H27FN2O3/c1-25-16-7-8-17(20)14(11-16)12-22-10-4-9-19(24,18(22)23)13-21-15-5-2-3-6-15/h7-8,11,15,21,24H,2-6,9-10,12-13H2,1H3/t19-/m0/s1. The van der Waals surface area contributed by atoms with Crippen LogP contribution >= 0.6 is 0 Å². The lowest BCUT2D eigenvalue weighted by molar-refractivity contribution is -0.157. The molecule has 1 saturated carbocycles. The second-order valence-electron chi connectivity index (χ2n) is 7.18. The van der Waals surface area contributed by atoms with Gasteiger partial charge in [0.25, 0.3) is 5.91 Å². The van der Waals surface area contributed by atoms with Gasteiger partial charge in [-0.3, -0.25) is 4.79 Å². The summed E-state index contributed by atoms with van der Waals surface area (Å²) in [5.74, 6) is -0.128. The van der Waals surface area contributed by atoms with Crippen molar-refractivity contribution in [1.82, 2.24) is 10.2 Å². The Bertz CT molecular complexity index is 619. The molecule has 2 aliphatic rings. The molecule has 0 bridgehead atoms. The third-order valence-electron chi connectivity index (χ3n) is 5.36. The summed E-state index contributed by atoms with van der Waals surface area (Å²) in [6.07, 6.45) is 5.76. The maximum Gasteiger partial charge on any atom is 0.256 e. The molecule has 3 rings (SSSR count). The highest BCUT2D eigenvalue weighted by Gasteiger charge is 2.42. The van der Waals surface area contributed by atoms with Gasteiger partial charge in [0.15, 0.2) is 5.60 Å². The predicted molar refractivity (Wildman–Crippen MR) is 92.8 cm³/mol. The van der Waals surface area contributed by atoms with Gasteiger partial charge in [-0.05, 0) is 43.9 Å². The number of hydrogen-bond donors (Lipinski definition) is 2. The lowest BCUT2D eigenvalue weighted by Crippen LogP contribution is -2.58. The number of likely N-dealkylation sites (tertiary alicyclic amines) is 1. The van der Waals surface area contributed by atoms with E-state index in [0.29, 0.717) is 36.7 Å². The molecule has 1 aromatic rings. The van der Waals surface area contributed by atoms with Crippen LogP contribution in [0.5, 0.6) is 5.75 Å². The van der Waals surface area contributed by atoms with E-state index in [1.807, 2.05) is 0 Å². The molecule has 1 atom stereocenters. The number of carbonyl (C=O) groups excluding carboxylic acids is 1. The normalized spacial score (nSPS) is 24.8. The van der Waals surface area contributed by atoms with Crippen molar-refractivity contribution in [3.05, 3.63) is 29.6 Å². The van der Waals surface area contributed by atoms with E-state index in [-0.39, 0.29) is 24.8 Å². The third-order valence-corrected chi connectivity index (χ3v) is 5.36. The van der Waals surface area contributed by atoms with Gasteiger partial charge >= 0.3 is 0 Å². The van der Waals surface area contributed by atoms with E-state index < -0.39 is 5.60 Å². The Kier molecular flexibility index (Phi) is 5.59. The zero-order valence-corrected chi connectivity index (χ0v) is 14.8. The number of amides is 1. The number of nitrogens with zero attached hydrogens (tertiary/aromatic N) is 1. The summed E-state index contributed by atoms with van der Waals surface area (Å²) in [6, 6.07) is 4.89. The first kappa shape index (κ1) is 18.1. The number of halogens is 1.